The van der Waals surface area contributed by atoms with E-state index in [1.54, 1.807) is 116 Å². The maximum absolute atomic E-state index is 1.68. The lowest BCUT2D eigenvalue weighted by molar-refractivity contribution is -0.0939. The van der Waals surface area contributed by atoms with E-state index in [9.17, 15) is 0 Å². The molecule has 0 heterocycles. The second kappa shape index (κ2) is 7.80. The van der Waals surface area contributed by atoms with Gasteiger partial charge in [0.15, 0.2) is 0 Å². The lowest BCUT2D eigenvalue weighted by Crippen LogP contribution is -2.50. The van der Waals surface area contributed by atoms with Crippen LogP contribution in [-0.4, -0.2) is 0 Å². The highest BCUT2D eigenvalue weighted by Crippen LogP contribution is 2.62. The summed E-state index contributed by atoms with van der Waals surface area (Å²) in [6.07, 6.45) is 29.2. The monoisotopic (exact) mass is 408 g/mol. The van der Waals surface area contributed by atoms with Gasteiger partial charge in [-0.3, -0.25) is 0 Å². The molecular weight excluding hydrogens is 360 g/mol. The van der Waals surface area contributed by atoms with E-state index in [1.165, 1.54) is 0 Å². The Balaban J connectivity index is 1.07. The molecule has 0 aromatic rings. The number of hydrogen-bond acceptors (Lipinski definition) is 0. The third kappa shape index (κ3) is 3.19. The van der Waals surface area contributed by atoms with E-state index in [1.807, 2.05) is 0 Å². The Kier molecular flexibility index (Phi) is 5.06. The van der Waals surface area contributed by atoms with Gasteiger partial charge < -0.3 is 0 Å². The molecule has 0 spiro atoms. The molecule has 12 atom stereocenters. The molecule has 7 fully saturated rings. The Morgan fingerprint density at radius 3 is 1.13 bits per heavy atom. The number of hydrogen-bond donors (Lipinski definition) is 0. The first-order chi connectivity index (χ1) is 14.8. The molecule has 0 radical (unpaired) electrons. The lowest BCUT2D eigenvalue weighted by atomic mass is 9.46. The van der Waals surface area contributed by atoms with Gasteiger partial charge in [0.1, 0.15) is 0 Å². The minimum absolute atomic E-state index is 1.15. The molecule has 7 rings (SSSR count). The third-order valence-electron chi connectivity index (χ3n) is 13.0. The fraction of sp³-hybridized carbons (Fsp3) is 1.00. The van der Waals surface area contributed by atoms with Gasteiger partial charge >= 0.3 is 0 Å². The fourth-order valence-corrected chi connectivity index (χ4v) is 11.8. The van der Waals surface area contributed by atoms with Gasteiger partial charge in [0.2, 0.25) is 0 Å². The SMILES string of the molecule is C1CCC2CC3CC4C(CCC5C6CC7CCCCC7CC6CCC45)CC3CC2C1. The quantitative estimate of drug-likeness (QED) is 0.377. The second-order valence-corrected chi connectivity index (χ2v) is 13.9. The van der Waals surface area contributed by atoms with Crippen LogP contribution < -0.4 is 0 Å². The Labute approximate surface area is 186 Å². The topological polar surface area (TPSA) is 0 Å². The van der Waals surface area contributed by atoms with Crippen LogP contribution in [0.15, 0.2) is 0 Å². The Morgan fingerprint density at radius 2 is 0.600 bits per heavy atom. The molecule has 12 unspecified atom stereocenters. The highest BCUT2D eigenvalue weighted by atomic mass is 14.6. The molecule has 7 aliphatic carbocycles. The molecule has 30 heavy (non-hydrogen) atoms. The van der Waals surface area contributed by atoms with Gasteiger partial charge in [0.05, 0.1) is 0 Å². The van der Waals surface area contributed by atoms with Gasteiger partial charge in [-0.15, -0.1) is 0 Å². The van der Waals surface area contributed by atoms with E-state index in [4.69, 9.17) is 0 Å². The van der Waals surface area contributed by atoms with E-state index < -0.39 is 0 Å². The molecule has 7 aliphatic rings. The summed E-state index contributed by atoms with van der Waals surface area (Å²) in [5.41, 5.74) is 0. The predicted octanol–water partition coefficient (Wildman–Crippen LogP) is 8.50. The van der Waals surface area contributed by atoms with Crippen LogP contribution in [0.1, 0.15) is 116 Å². The van der Waals surface area contributed by atoms with E-state index in [-0.39, 0.29) is 0 Å². The van der Waals surface area contributed by atoms with Crippen molar-refractivity contribution in [3.8, 4) is 0 Å². The highest BCUT2D eigenvalue weighted by molar-refractivity contribution is 5.03. The minimum Gasteiger partial charge on any atom is -0.0530 e. The molecule has 0 saturated heterocycles. The van der Waals surface area contributed by atoms with Crippen molar-refractivity contribution in [3.63, 3.8) is 0 Å². The first kappa shape index (κ1) is 19.5. The summed E-state index contributed by atoms with van der Waals surface area (Å²) in [5.74, 6) is 13.8. The van der Waals surface area contributed by atoms with Crippen LogP contribution in [0.2, 0.25) is 0 Å². The first-order valence-corrected chi connectivity index (χ1v) is 14.8. The second-order valence-electron chi connectivity index (χ2n) is 13.9. The molecule has 0 bridgehead atoms. The minimum atomic E-state index is 1.15. The van der Waals surface area contributed by atoms with Crippen LogP contribution in [0, 0.1) is 71.0 Å². The zero-order chi connectivity index (χ0) is 19.7. The maximum atomic E-state index is 1.68. The molecule has 0 aromatic heterocycles. The van der Waals surface area contributed by atoms with Crippen molar-refractivity contribution >= 4 is 0 Å². The van der Waals surface area contributed by atoms with E-state index in [0.717, 1.165) is 71.0 Å². The summed E-state index contributed by atoms with van der Waals surface area (Å²) < 4.78 is 0. The van der Waals surface area contributed by atoms with Gasteiger partial charge in [0, 0.05) is 0 Å². The molecule has 0 N–H and O–H groups in total. The van der Waals surface area contributed by atoms with Gasteiger partial charge in [-0.25, -0.2) is 0 Å². The van der Waals surface area contributed by atoms with Crippen molar-refractivity contribution < 1.29 is 0 Å². The first-order valence-electron chi connectivity index (χ1n) is 14.8. The Bertz CT molecular complexity index is 616. The van der Waals surface area contributed by atoms with Crippen LogP contribution in [-0.2, 0) is 0 Å². The van der Waals surface area contributed by atoms with Crippen molar-refractivity contribution in [2.24, 2.45) is 71.0 Å². The average molecular weight is 409 g/mol. The van der Waals surface area contributed by atoms with Crippen molar-refractivity contribution in [1.29, 1.82) is 0 Å². The predicted molar refractivity (Wildman–Crippen MR) is 125 cm³/mol. The molecule has 7 saturated carbocycles. The maximum Gasteiger partial charge on any atom is -0.0352 e. The molecule has 0 nitrogen and oxygen atoms in total. The van der Waals surface area contributed by atoms with E-state index in [0.29, 0.717) is 0 Å². The summed E-state index contributed by atoms with van der Waals surface area (Å²) in [7, 11) is 0. The molecule has 168 valence electrons. The van der Waals surface area contributed by atoms with Crippen LogP contribution in [0.4, 0.5) is 0 Å². The summed E-state index contributed by atoms with van der Waals surface area (Å²) in [4.78, 5) is 0. The van der Waals surface area contributed by atoms with Gasteiger partial charge in [-0.1, -0.05) is 51.4 Å². The van der Waals surface area contributed by atoms with Crippen LogP contribution in [0.25, 0.3) is 0 Å². The van der Waals surface area contributed by atoms with E-state index in [2.05, 4.69) is 0 Å². The number of fused-ring (bicyclic) bond motifs is 8. The van der Waals surface area contributed by atoms with Crippen LogP contribution in [0.3, 0.4) is 0 Å². The average Bonchev–Trinajstić information content (AvgIpc) is 2.79. The molecular formula is C30H48. The largest absolute Gasteiger partial charge is 0.0530 e. The number of rotatable bonds is 0. The zero-order valence-corrected chi connectivity index (χ0v) is 19.7. The van der Waals surface area contributed by atoms with Crippen molar-refractivity contribution in [2.45, 2.75) is 116 Å². The van der Waals surface area contributed by atoms with Crippen LogP contribution in [0.5, 0.6) is 0 Å². The Hall–Kier alpha value is 0. The third-order valence-corrected chi connectivity index (χ3v) is 13.0. The van der Waals surface area contributed by atoms with Crippen molar-refractivity contribution in [3.05, 3.63) is 0 Å². The smallest absolute Gasteiger partial charge is 0.0352 e. The van der Waals surface area contributed by atoms with Gasteiger partial charge in [-0.2, -0.15) is 0 Å². The lowest BCUT2D eigenvalue weighted by Gasteiger charge is -2.59. The summed E-state index contributed by atoms with van der Waals surface area (Å²) in [6.45, 7) is 0. The fourth-order valence-electron chi connectivity index (χ4n) is 11.8. The van der Waals surface area contributed by atoms with Gasteiger partial charge in [0.25, 0.3) is 0 Å². The van der Waals surface area contributed by atoms with Gasteiger partial charge in [-0.05, 0) is 135 Å². The van der Waals surface area contributed by atoms with Crippen LogP contribution >= 0.6 is 0 Å². The van der Waals surface area contributed by atoms with E-state index >= 15 is 0 Å². The molecule has 0 heteroatoms. The van der Waals surface area contributed by atoms with Crippen molar-refractivity contribution in [2.75, 3.05) is 0 Å². The molecule has 0 amide bonds. The standard InChI is InChI=1S/C30H48/c1-2-7-21-15-26-18-30-24(16-25(26)14-20(21)6-1)10-12-27-28(30)11-9-23-13-19-5-3-4-8-22(19)17-29(23)27/h19-30H,1-18H2. The molecule has 0 aromatic carbocycles. The summed E-state index contributed by atoms with van der Waals surface area (Å²) >= 11 is 0. The zero-order valence-electron chi connectivity index (χ0n) is 19.7. The highest BCUT2D eigenvalue weighted by Gasteiger charge is 2.53. The Morgan fingerprint density at radius 1 is 0.233 bits per heavy atom. The summed E-state index contributed by atoms with van der Waals surface area (Å²) in [5, 5.41) is 0. The van der Waals surface area contributed by atoms with Crippen molar-refractivity contribution in [1.82, 2.24) is 0 Å². The summed E-state index contributed by atoms with van der Waals surface area (Å²) in [6, 6.07) is 0. The normalized spacial score (nSPS) is 57.6. The molecule has 0 aliphatic heterocycles.